The summed E-state index contributed by atoms with van der Waals surface area (Å²) in [6, 6.07) is 3.68. The van der Waals surface area contributed by atoms with Gasteiger partial charge in [-0.1, -0.05) is 11.6 Å². The van der Waals surface area contributed by atoms with E-state index in [-0.39, 0.29) is 5.91 Å². The first-order valence-corrected chi connectivity index (χ1v) is 7.96. The van der Waals surface area contributed by atoms with Gasteiger partial charge in [-0.05, 0) is 48.3 Å². The van der Waals surface area contributed by atoms with Crippen molar-refractivity contribution in [3.05, 3.63) is 28.9 Å². The number of halogens is 1. The molecule has 0 spiro atoms. The van der Waals surface area contributed by atoms with Gasteiger partial charge in [-0.2, -0.15) is 5.10 Å². The van der Waals surface area contributed by atoms with E-state index in [1.807, 2.05) is 12.1 Å². The van der Waals surface area contributed by atoms with Crippen molar-refractivity contribution in [3.8, 4) is 0 Å². The molecule has 0 radical (unpaired) electrons. The number of nitrogens with one attached hydrogen (secondary N) is 2. The minimum absolute atomic E-state index is 0.00943. The number of rotatable bonds is 3. The highest BCUT2D eigenvalue weighted by atomic mass is 35.5. The lowest BCUT2D eigenvalue weighted by Crippen LogP contribution is -2.28. The van der Waals surface area contributed by atoms with Crippen LogP contribution < -0.4 is 5.32 Å². The van der Waals surface area contributed by atoms with E-state index in [2.05, 4.69) is 15.5 Å². The fraction of sp³-hybridized carbons (Fsp3) is 0.500. The molecule has 116 valence electrons. The van der Waals surface area contributed by atoms with E-state index in [4.69, 9.17) is 11.6 Å². The summed E-state index contributed by atoms with van der Waals surface area (Å²) in [6.07, 6.45) is 3.20. The van der Waals surface area contributed by atoms with Crippen LogP contribution in [0.3, 0.4) is 0 Å². The second-order valence-corrected chi connectivity index (χ2v) is 7.09. The number of amides is 1. The summed E-state index contributed by atoms with van der Waals surface area (Å²) in [5, 5.41) is 22.5. The lowest BCUT2D eigenvalue weighted by atomic mass is 9.85. The van der Waals surface area contributed by atoms with Crippen molar-refractivity contribution >= 4 is 28.4 Å². The Morgan fingerprint density at radius 2 is 2.23 bits per heavy atom. The Morgan fingerprint density at radius 3 is 2.91 bits per heavy atom. The zero-order valence-corrected chi connectivity index (χ0v) is 13.0. The van der Waals surface area contributed by atoms with Gasteiger partial charge < -0.3 is 10.4 Å². The SMILES string of the molecule is CC(=O)NCC1[C@H]2CC(O)(c3cc(Cl)cc4[nH]ncc34)C[C@@H]12. The third-order valence-corrected chi connectivity index (χ3v) is 5.49. The highest BCUT2D eigenvalue weighted by Crippen LogP contribution is 2.63. The zero-order chi connectivity index (χ0) is 15.5. The lowest BCUT2D eigenvalue weighted by molar-refractivity contribution is -0.119. The van der Waals surface area contributed by atoms with Gasteiger partial charge >= 0.3 is 0 Å². The first kappa shape index (κ1) is 14.0. The van der Waals surface area contributed by atoms with Gasteiger partial charge in [-0.15, -0.1) is 0 Å². The molecule has 0 saturated heterocycles. The number of hydrogen-bond donors (Lipinski definition) is 3. The quantitative estimate of drug-likeness (QED) is 0.811. The van der Waals surface area contributed by atoms with Crippen molar-refractivity contribution in [1.29, 1.82) is 0 Å². The Bertz CT molecular complexity index is 745. The van der Waals surface area contributed by atoms with Crippen molar-refractivity contribution < 1.29 is 9.90 Å². The van der Waals surface area contributed by atoms with Crippen LogP contribution in [0.15, 0.2) is 18.3 Å². The number of aromatic nitrogens is 2. The largest absolute Gasteiger partial charge is 0.385 e. The molecule has 2 aliphatic carbocycles. The highest BCUT2D eigenvalue weighted by Gasteiger charge is 2.61. The van der Waals surface area contributed by atoms with E-state index in [0.29, 0.717) is 22.8 Å². The maximum Gasteiger partial charge on any atom is 0.216 e. The number of benzene rings is 1. The van der Waals surface area contributed by atoms with Crippen LogP contribution in [0.4, 0.5) is 0 Å². The molecule has 1 aromatic carbocycles. The fourth-order valence-electron chi connectivity index (χ4n) is 4.18. The third kappa shape index (κ3) is 2.11. The Labute approximate surface area is 133 Å². The molecule has 2 aromatic rings. The molecule has 2 aliphatic rings. The maximum absolute atomic E-state index is 11.1. The van der Waals surface area contributed by atoms with Crippen LogP contribution in [0.2, 0.25) is 5.02 Å². The number of aromatic amines is 1. The molecule has 0 bridgehead atoms. The minimum Gasteiger partial charge on any atom is -0.385 e. The minimum atomic E-state index is -0.838. The molecular weight excluding hydrogens is 302 g/mol. The summed E-state index contributed by atoms with van der Waals surface area (Å²) in [4.78, 5) is 11.0. The van der Waals surface area contributed by atoms with Gasteiger partial charge in [0.2, 0.25) is 5.91 Å². The average molecular weight is 320 g/mol. The summed E-state index contributed by atoms with van der Waals surface area (Å²) < 4.78 is 0. The van der Waals surface area contributed by atoms with E-state index >= 15 is 0 Å². The zero-order valence-electron chi connectivity index (χ0n) is 12.3. The molecule has 1 heterocycles. The molecule has 1 amide bonds. The molecule has 6 heteroatoms. The van der Waals surface area contributed by atoms with Crippen LogP contribution in [0.1, 0.15) is 25.3 Å². The van der Waals surface area contributed by atoms with Crippen LogP contribution in [-0.2, 0) is 10.4 Å². The average Bonchev–Trinajstić information content (AvgIpc) is 2.81. The van der Waals surface area contributed by atoms with Gasteiger partial charge in [0.05, 0.1) is 17.3 Å². The number of aliphatic hydroxyl groups is 1. The van der Waals surface area contributed by atoms with Gasteiger partial charge in [-0.25, -0.2) is 0 Å². The molecule has 2 saturated carbocycles. The second kappa shape index (κ2) is 4.70. The molecule has 2 unspecified atom stereocenters. The molecule has 0 aliphatic heterocycles. The first-order chi connectivity index (χ1) is 10.5. The number of H-pyrrole nitrogens is 1. The summed E-state index contributed by atoms with van der Waals surface area (Å²) in [5.74, 6) is 1.48. The molecule has 2 fully saturated rings. The smallest absolute Gasteiger partial charge is 0.216 e. The van der Waals surface area contributed by atoms with Gasteiger partial charge in [0.25, 0.3) is 0 Å². The van der Waals surface area contributed by atoms with Crippen LogP contribution in [-0.4, -0.2) is 27.8 Å². The highest BCUT2D eigenvalue weighted by molar-refractivity contribution is 6.31. The van der Waals surface area contributed by atoms with E-state index < -0.39 is 5.60 Å². The van der Waals surface area contributed by atoms with Gasteiger partial charge in [-0.3, -0.25) is 9.89 Å². The third-order valence-electron chi connectivity index (χ3n) is 5.27. The number of hydrogen-bond acceptors (Lipinski definition) is 3. The normalized spacial score (nSPS) is 33.0. The fourth-order valence-corrected chi connectivity index (χ4v) is 4.40. The van der Waals surface area contributed by atoms with Crippen molar-refractivity contribution in [2.24, 2.45) is 17.8 Å². The Kier molecular flexibility index (Phi) is 3.00. The number of nitrogens with zero attached hydrogens (tertiary/aromatic N) is 1. The standard InChI is InChI=1S/C16H18ClN3O2/c1-8(21)18-6-12-10-4-16(22,5-11(10)12)14-2-9(17)3-15-13(14)7-19-20-15/h2-3,7,10-12,22H,4-6H2,1H3,(H,18,21)(H,19,20)/t10-,11+,12?,16?. The molecular formula is C16H18ClN3O2. The van der Waals surface area contributed by atoms with Gasteiger partial charge in [0.1, 0.15) is 0 Å². The molecule has 4 atom stereocenters. The van der Waals surface area contributed by atoms with Gasteiger partial charge in [0, 0.05) is 23.9 Å². The van der Waals surface area contributed by atoms with Crippen LogP contribution >= 0.6 is 11.6 Å². The Morgan fingerprint density at radius 1 is 1.50 bits per heavy atom. The number of fused-ring (bicyclic) bond motifs is 2. The number of carbonyl (C=O) groups is 1. The Balaban J connectivity index is 1.57. The molecule has 5 nitrogen and oxygen atoms in total. The van der Waals surface area contributed by atoms with E-state index in [1.54, 1.807) is 6.20 Å². The van der Waals surface area contributed by atoms with E-state index in [9.17, 15) is 9.90 Å². The second-order valence-electron chi connectivity index (χ2n) is 6.65. The Hall–Kier alpha value is -1.59. The topological polar surface area (TPSA) is 78.0 Å². The van der Waals surface area contributed by atoms with Crippen LogP contribution in [0.25, 0.3) is 10.9 Å². The monoisotopic (exact) mass is 319 g/mol. The lowest BCUT2D eigenvalue weighted by Gasteiger charge is -2.27. The first-order valence-electron chi connectivity index (χ1n) is 7.58. The van der Waals surface area contributed by atoms with Gasteiger partial charge in [0.15, 0.2) is 0 Å². The molecule has 1 aromatic heterocycles. The van der Waals surface area contributed by atoms with Crippen molar-refractivity contribution in [2.45, 2.75) is 25.4 Å². The van der Waals surface area contributed by atoms with E-state index in [0.717, 1.165) is 35.9 Å². The predicted molar refractivity (Wildman–Crippen MR) is 83.4 cm³/mol. The van der Waals surface area contributed by atoms with Crippen LogP contribution in [0, 0.1) is 17.8 Å². The van der Waals surface area contributed by atoms with Crippen molar-refractivity contribution in [2.75, 3.05) is 6.54 Å². The summed E-state index contributed by atoms with van der Waals surface area (Å²) in [6.45, 7) is 2.26. The van der Waals surface area contributed by atoms with Crippen molar-refractivity contribution in [1.82, 2.24) is 15.5 Å². The summed E-state index contributed by atoms with van der Waals surface area (Å²) in [7, 11) is 0. The maximum atomic E-state index is 11.1. The molecule has 4 rings (SSSR count). The van der Waals surface area contributed by atoms with Crippen LogP contribution in [0.5, 0.6) is 0 Å². The van der Waals surface area contributed by atoms with Crippen molar-refractivity contribution in [3.63, 3.8) is 0 Å². The number of carbonyl (C=O) groups excluding carboxylic acids is 1. The predicted octanol–water partition coefficient (Wildman–Crippen LogP) is 2.20. The molecule has 3 N–H and O–H groups in total. The summed E-state index contributed by atoms with van der Waals surface area (Å²) in [5.41, 5.74) is 0.884. The molecule has 22 heavy (non-hydrogen) atoms. The van der Waals surface area contributed by atoms with E-state index in [1.165, 1.54) is 6.92 Å². The summed E-state index contributed by atoms with van der Waals surface area (Å²) >= 11 is 6.18.